The van der Waals surface area contributed by atoms with Gasteiger partial charge < -0.3 is 5.32 Å². The number of sulfonamides is 1. The number of fused-ring (bicyclic) bond motifs is 1. The van der Waals surface area contributed by atoms with E-state index in [0.717, 1.165) is 11.1 Å². The molecule has 2 heterocycles. The number of hydrogen-bond donors (Lipinski definition) is 1. The Labute approximate surface area is 186 Å². The summed E-state index contributed by atoms with van der Waals surface area (Å²) >= 11 is 5.88. The number of carbonyl (C=O) groups excluding carboxylic acids is 1. The van der Waals surface area contributed by atoms with Gasteiger partial charge in [0.05, 0.1) is 17.1 Å². The summed E-state index contributed by atoms with van der Waals surface area (Å²) in [4.78, 5) is 12.6. The largest absolute Gasteiger partial charge is 0.350 e. The Balaban J connectivity index is 1.52. The van der Waals surface area contributed by atoms with Crippen LogP contribution >= 0.6 is 11.6 Å². The third-order valence-electron chi connectivity index (χ3n) is 5.40. The molecule has 2 aromatic carbocycles. The Hall–Kier alpha value is -2.84. The SMILES string of the molecule is Cc1nn(CC(=O)NCc2ccc(Cl)cc2)c(C)c1S(=O)(=O)N1CCc2ccccc21. The zero-order valence-electron chi connectivity index (χ0n) is 17.3. The summed E-state index contributed by atoms with van der Waals surface area (Å²) in [6.45, 7) is 4.02. The summed E-state index contributed by atoms with van der Waals surface area (Å²) in [6.07, 6.45) is 0.675. The van der Waals surface area contributed by atoms with Crippen LogP contribution in [0.4, 0.5) is 5.69 Å². The summed E-state index contributed by atoms with van der Waals surface area (Å²) in [6, 6.07) is 14.7. The van der Waals surface area contributed by atoms with Crippen LogP contribution in [0, 0.1) is 13.8 Å². The van der Waals surface area contributed by atoms with E-state index in [4.69, 9.17) is 11.6 Å². The Bertz CT molecular complexity index is 1240. The number of aryl methyl sites for hydroxylation is 1. The molecule has 4 rings (SSSR count). The van der Waals surface area contributed by atoms with E-state index in [9.17, 15) is 13.2 Å². The van der Waals surface area contributed by atoms with Crippen LogP contribution in [0.15, 0.2) is 53.4 Å². The van der Waals surface area contributed by atoms with Gasteiger partial charge in [0.2, 0.25) is 5.91 Å². The lowest BCUT2D eigenvalue weighted by atomic mass is 10.2. The fraction of sp³-hybridized carbons (Fsp3) is 0.273. The average molecular weight is 459 g/mol. The lowest BCUT2D eigenvalue weighted by Gasteiger charge is -2.19. The highest BCUT2D eigenvalue weighted by Gasteiger charge is 2.35. The van der Waals surface area contributed by atoms with Crippen molar-refractivity contribution in [3.8, 4) is 0 Å². The summed E-state index contributed by atoms with van der Waals surface area (Å²) in [5.74, 6) is -0.254. The molecule has 0 unspecified atom stereocenters. The van der Waals surface area contributed by atoms with Crippen molar-refractivity contribution in [1.82, 2.24) is 15.1 Å². The van der Waals surface area contributed by atoms with Gasteiger partial charge in [-0.15, -0.1) is 0 Å². The van der Waals surface area contributed by atoms with E-state index in [1.54, 1.807) is 26.0 Å². The molecule has 0 saturated carbocycles. The van der Waals surface area contributed by atoms with Crippen molar-refractivity contribution < 1.29 is 13.2 Å². The van der Waals surface area contributed by atoms with Gasteiger partial charge in [0, 0.05) is 18.1 Å². The predicted octanol–water partition coefficient (Wildman–Crippen LogP) is 3.22. The Morgan fingerprint density at radius 1 is 1.13 bits per heavy atom. The third-order valence-corrected chi connectivity index (χ3v) is 7.72. The van der Waals surface area contributed by atoms with Crippen LogP contribution in [-0.2, 0) is 34.3 Å². The maximum Gasteiger partial charge on any atom is 0.268 e. The van der Waals surface area contributed by atoms with E-state index in [1.807, 2.05) is 36.4 Å². The minimum Gasteiger partial charge on any atom is -0.350 e. The molecule has 0 saturated heterocycles. The van der Waals surface area contributed by atoms with Crippen molar-refractivity contribution in [2.45, 2.75) is 38.3 Å². The number of amides is 1. The first-order valence-corrected chi connectivity index (χ1v) is 11.7. The van der Waals surface area contributed by atoms with Crippen LogP contribution in [0.2, 0.25) is 5.02 Å². The van der Waals surface area contributed by atoms with Crippen LogP contribution in [-0.4, -0.2) is 30.7 Å². The number of para-hydroxylation sites is 1. The van der Waals surface area contributed by atoms with E-state index in [1.165, 1.54) is 8.99 Å². The molecule has 9 heteroatoms. The fourth-order valence-corrected chi connectivity index (χ4v) is 5.88. The normalized spacial score (nSPS) is 13.3. The van der Waals surface area contributed by atoms with Crippen LogP contribution in [0.25, 0.3) is 0 Å². The van der Waals surface area contributed by atoms with Crippen molar-refractivity contribution in [3.63, 3.8) is 0 Å². The van der Waals surface area contributed by atoms with E-state index in [2.05, 4.69) is 10.4 Å². The molecule has 0 bridgehead atoms. The molecular weight excluding hydrogens is 436 g/mol. The number of carbonyl (C=O) groups is 1. The molecule has 3 aromatic rings. The first-order valence-electron chi connectivity index (χ1n) is 9.93. The molecule has 1 aromatic heterocycles. The van der Waals surface area contributed by atoms with Gasteiger partial charge in [-0.05, 0) is 49.6 Å². The molecule has 1 aliphatic rings. The zero-order valence-corrected chi connectivity index (χ0v) is 18.9. The molecule has 31 heavy (non-hydrogen) atoms. The van der Waals surface area contributed by atoms with Crippen LogP contribution in [0.5, 0.6) is 0 Å². The van der Waals surface area contributed by atoms with Crippen molar-refractivity contribution in [2.24, 2.45) is 0 Å². The number of hydrogen-bond acceptors (Lipinski definition) is 4. The second-order valence-corrected chi connectivity index (χ2v) is 9.75. The van der Waals surface area contributed by atoms with E-state index in [0.29, 0.717) is 41.6 Å². The van der Waals surface area contributed by atoms with Crippen LogP contribution in [0.3, 0.4) is 0 Å². The quantitative estimate of drug-likeness (QED) is 0.614. The van der Waals surface area contributed by atoms with Gasteiger partial charge in [0.25, 0.3) is 10.0 Å². The van der Waals surface area contributed by atoms with Gasteiger partial charge in [-0.25, -0.2) is 8.42 Å². The van der Waals surface area contributed by atoms with Gasteiger partial charge >= 0.3 is 0 Å². The number of nitrogens with one attached hydrogen (secondary N) is 1. The lowest BCUT2D eigenvalue weighted by Crippen LogP contribution is -2.30. The van der Waals surface area contributed by atoms with Gasteiger partial charge in [0.15, 0.2) is 0 Å². The molecule has 0 spiro atoms. The molecule has 1 N–H and O–H groups in total. The Morgan fingerprint density at radius 3 is 2.58 bits per heavy atom. The smallest absolute Gasteiger partial charge is 0.268 e. The lowest BCUT2D eigenvalue weighted by molar-refractivity contribution is -0.122. The second-order valence-electron chi connectivity index (χ2n) is 7.52. The van der Waals surface area contributed by atoms with E-state index >= 15 is 0 Å². The summed E-state index contributed by atoms with van der Waals surface area (Å²) in [5.41, 5.74) is 3.46. The van der Waals surface area contributed by atoms with Crippen LogP contribution < -0.4 is 9.62 Å². The number of rotatable bonds is 6. The molecule has 1 aliphatic heterocycles. The van der Waals surface area contributed by atoms with Crippen molar-refractivity contribution >= 4 is 33.2 Å². The molecule has 0 radical (unpaired) electrons. The van der Waals surface area contributed by atoms with Gasteiger partial charge in [-0.3, -0.25) is 13.8 Å². The maximum absolute atomic E-state index is 13.4. The monoisotopic (exact) mass is 458 g/mol. The van der Waals surface area contributed by atoms with E-state index < -0.39 is 10.0 Å². The molecule has 0 aliphatic carbocycles. The third kappa shape index (κ3) is 4.18. The zero-order chi connectivity index (χ0) is 22.2. The molecule has 0 atom stereocenters. The minimum absolute atomic E-state index is 0.0631. The molecule has 0 fully saturated rings. The summed E-state index contributed by atoms with van der Waals surface area (Å²) in [5, 5.41) is 7.80. The molecule has 7 nitrogen and oxygen atoms in total. The summed E-state index contributed by atoms with van der Waals surface area (Å²) < 4.78 is 29.8. The van der Waals surface area contributed by atoms with Gasteiger partial charge in [-0.2, -0.15) is 5.10 Å². The van der Waals surface area contributed by atoms with Gasteiger partial charge in [0.1, 0.15) is 11.4 Å². The summed E-state index contributed by atoms with van der Waals surface area (Å²) in [7, 11) is -3.78. The van der Waals surface area contributed by atoms with Crippen molar-refractivity contribution in [2.75, 3.05) is 10.8 Å². The fourth-order valence-electron chi connectivity index (χ4n) is 3.87. The number of aromatic nitrogens is 2. The highest BCUT2D eigenvalue weighted by molar-refractivity contribution is 7.93. The van der Waals surface area contributed by atoms with Crippen molar-refractivity contribution in [3.05, 3.63) is 76.1 Å². The topological polar surface area (TPSA) is 84.3 Å². The maximum atomic E-state index is 13.4. The number of anilines is 1. The Morgan fingerprint density at radius 2 is 1.84 bits per heavy atom. The van der Waals surface area contributed by atoms with E-state index in [-0.39, 0.29) is 17.3 Å². The highest BCUT2D eigenvalue weighted by Crippen LogP contribution is 2.34. The number of benzene rings is 2. The minimum atomic E-state index is -3.78. The standard InChI is InChI=1S/C22H23ClN4O3S/c1-15-22(31(29,30)27-12-11-18-5-3-4-6-20(18)27)16(2)26(25-15)14-21(28)24-13-17-7-9-19(23)10-8-17/h3-10H,11-14H2,1-2H3,(H,24,28). The van der Waals surface area contributed by atoms with Crippen molar-refractivity contribution in [1.29, 1.82) is 0 Å². The number of halogens is 1. The average Bonchev–Trinajstić information content (AvgIpc) is 3.29. The van der Waals surface area contributed by atoms with Gasteiger partial charge in [-0.1, -0.05) is 41.9 Å². The van der Waals surface area contributed by atoms with Crippen LogP contribution in [0.1, 0.15) is 22.5 Å². The molecular formula is C22H23ClN4O3S. The first-order chi connectivity index (χ1) is 14.8. The number of nitrogens with zero attached hydrogens (tertiary/aromatic N) is 3. The molecule has 1 amide bonds. The first kappa shape index (κ1) is 21.4. The molecule has 162 valence electrons. The second kappa shape index (κ2) is 8.36. The predicted molar refractivity (Wildman–Crippen MR) is 120 cm³/mol. The highest BCUT2D eigenvalue weighted by atomic mass is 35.5. The Kier molecular flexibility index (Phi) is 5.77.